The SMILES string of the molecule is CC(C)C(CBr)CN(C)C1CCSC1. The standard InChI is InChI=1S/C11H22BrNS/c1-9(2)10(6-12)7-13(3)11-4-5-14-8-11/h9-11H,4-8H2,1-3H3. The van der Waals surface area contributed by atoms with E-state index in [0.717, 1.165) is 23.2 Å². The Morgan fingerprint density at radius 1 is 1.50 bits per heavy atom. The van der Waals surface area contributed by atoms with Crippen molar-refractivity contribution < 1.29 is 0 Å². The molecule has 3 heteroatoms. The second kappa shape index (κ2) is 6.39. The molecule has 0 aromatic rings. The summed E-state index contributed by atoms with van der Waals surface area (Å²) in [6.07, 6.45) is 1.38. The smallest absolute Gasteiger partial charge is 0.0191 e. The molecule has 1 nitrogen and oxygen atoms in total. The van der Waals surface area contributed by atoms with E-state index in [2.05, 4.69) is 53.5 Å². The van der Waals surface area contributed by atoms with Crippen LogP contribution in [0.25, 0.3) is 0 Å². The van der Waals surface area contributed by atoms with Gasteiger partial charge in [-0.2, -0.15) is 11.8 Å². The quantitative estimate of drug-likeness (QED) is 0.712. The van der Waals surface area contributed by atoms with Gasteiger partial charge in [0.25, 0.3) is 0 Å². The van der Waals surface area contributed by atoms with E-state index in [0.29, 0.717) is 0 Å². The molecule has 0 saturated carbocycles. The summed E-state index contributed by atoms with van der Waals surface area (Å²) in [5.41, 5.74) is 0. The van der Waals surface area contributed by atoms with E-state index in [1.165, 1.54) is 24.5 Å². The molecule has 2 atom stereocenters. The van der Waals surface area contributed by atoms with Gasteiger partial charge in [0.05, 0.1) is 0 Å². The van der Waals surface area contributed by atoms with Crippen molar-refractivity contribution in [3.05, 3.63) is 0 Å². The van der Waals surface area contributed by atoms with Crippen LogP contribution in [0.1, 0.15) is 20.3 Å². The molecule has 0 aromatic heterocycles. The molecule has 84 valence electrons. The van der Waals surface area contributed by atoms with Crippen molar-refractivity contribution in [2.24, 2.45) is 11.8 Å². The second-order valence-corrected chi connectivity index (χ2v) is 6.41. The highest BCUT2D eigenvalue weighted by Crippen LogP contribution is 2.23. The molecule has 0 N–H and O–H groups in total. The van der Waals surface area contributed by atoms with Gasteiger partial charge in [-0.1, -0.05) is 29.8 Å². The highest BCUT2D eigenvalue weighted by Gasteiger charge is 2.23. The van der Waals surface area contributed by atoms with Gasteiger partial charge in [-0.05, 0) is 31.1 Å². The maximum absolute atomic E-state index is 3.62. The molecule has 0 radical (unpaired) electrons. The molecule has 2 unspecified atom stereocenters. The van der Waals surface area contributed by atoms with Gasteiger partial charge in [-0.3, -0.25) is 0 Å². The van der Waals surface area contributed by atoms with Gasteiger partial charge in [-0.25, -0.2) is 0 Å². The number of halogens is 1. The first-order chi connectivity index (χ1) is 6.65. The molecule has 1 rings (SSSR count). The van der Waals surface area contributed by atoms with Crippen LogP contribution in [0.3, 0.4) is 0 Å². The summed E-state index contributed by atoms with van der Waals surface area (Å²) in [5.74, 6) is 4.27. The van der Waals surface area contributed by atoms with E-state index >= 15 is 0 Å². The van der Waals surface area contributed by atoms with Crippen molar-refractivity contribution in [1.29, 1.82) is 0 Å². The van der Waals surface area contributed by atoms with Gasteiger partial charge in [0.1, 0.15) is 0 Å². The lowest BCUT2D eigenvalue weighted by molar-refractivity contribution is 0.207. The molecule has 0 aliphatic carbocycles. The minimum atomic E-state index is 0.783. The lowest BCUT2D eigenvalue weighted by Crippen LogP contribution is -2.37. The molecule has 0 amide bonds. The van der Waals surface area contributed by atoms with Crippen LogP contribution in [0.5, 0.6) is 0 Å². The van der Waals surface area contributed by atoms with Crippen LogP contribution in [0.15, 0.2) is 0 Å². The second-order valence-electron chi connectivity index (χ2n) is 4.62. The van der Waals surface area contributed by atoms with Gasteiger partial charge in [0, 0.05) is 23.7 Å². The average molecular weight is 280 g/mol. The van der Waals surface area contributed by atoms with Gasteiger partial charge in [-0.15, -0.1) is 0 Å². The first-order valence-corrected chi connectivity index (χ1v) is 7.76. The number of alkyl halides is 1. The molecule has 0 bridgehead atoms. The molecule has 1 heterocycles. The van der Waals surface area contributed by atoms with E-state index < -0.39 is 0 Å². The zero-order valence-corrected chi connectivity index (χ0v) is 11.9. The van der Waals surface area contributed by atoms with Crippen LogP contribution in [0.2, 0.25) is 0 Å². The Balaban J connectivity index is 2.33. The lowest BCUT2D eigenvalue weighted by atomic mass is 9.97. The first-order valence-electron chi connectivity index (χ1n) is 5.49. The third kappa shape index (κ3) is 3.74. The number of hydrogen-bond donors (Lipinski definition) is 0. The van der Waals surface area contributed by atoms with Gasteiger partial charge in [0.2, 0.25) is 0 Å². The summed E-state index contributed by atoms with van der Waals surface area (Å²) in [6.45, 7) is 5.89. The van der Waals surface area contributed by atoms with Crippen LogP contribution in [-0.4, -0.2) is 41.4 Å². The zero-order chi connectivity index (χ0) is 10.6. The summed E-state index contributed by atoms with van der Waals surface area (Å²) in [5, 5.41) is 1.13. The van der Waals surface area contributed by atoms with E-state index in [-0.39, 0.29) is 0 Å². The van der Waals surface area contributed by atoms with Gasteiger partial charge in [0.15, 0.2) is 0 Å². The third-order valence-electron chi connectivity index (χ3n) is 3.19. The first kappa shape index (κ1) is 12.9. The van der Waals surface area contributed by atoms with E-state index in [1.807, 2.05) is 0 Å². The van der Waals surface area contributed by atoms with Crippen LogP contribution in [0.4, 0.5) is 0 Å². The average Bonchev–Trinajstić information content (AvgIpc) is 2.65. The number of thioether (sulfide) groups is 1. The fourth-order valence-electron chi connectivity index (χ4n) is 1.83. The van der Waals surface area contributed by atoms with Crippen molar-refractivity contribution in [2.75, 3.05) is 30.4 Å². The molecule has 1 saturated heterocycles. The minimum absolute atomic E-state index is 0.783. The molecule has 0 aromatic carbocycles. The van der Waals surface area contributed by atoms with Crippen LogP contribution in [0, 0.1) is 11.8 Å². The fraction of sp³-hybridized carbons (Fsp3) is 1.00. The number of nitrogens with zero attached hydrogens (tertiary/aromatic N) is 1. The highest BCUT2D eigenvalue weighted by atomic mass is 79.9. The van der Waals surface area contributed by atoms with Crippen LogP contribution in [-0.2, 0) is 0 Å². The summed E-state index contributed by atoms with van der Waals surface area (Å²) in [4.78, 5) is 2.56. The van der Waals surface area contributed by atoms with E-state index in [4.69, 9.17) is 0 Å². The Morgan fingerprint density at radius 3 is 2.64 bits per heavy atom. The van der Waals surface area contributed by atoms with Crippen molar-refractivity contribution in [3.63, 3.8) is 0 Å². The van der Waals surface area contributed by atoms with Gasteiger partial charge < -0.3 is 4.90 Å². The summed E-state index contributed by atoms with van der Waals surface area (Å²) in [7, 11) is 2.29. The molecular weight excluding hydrogens is 258 g/mol. The Kier molecular flexibility index (Phi) is 5.87. The summed E-state index contributed by atoms with van der Waals surface area (Å²) in [6, 6.07) is 0.834. The van der Waals surface area contributed by atoms with Crippen molar-refractivity contribution in [3.8, 4) is 0 Å². The number of rotatable bonds is 5. The highest BCUT2D eigenvalue weighted by molar-refractivity contribution is 9.09. The number of hydrogen-bond acceptors (Lipinski definition) is 2. The maximum Gasteiger partial charge on any atom is 0.0191 e. The Hall–Kier alpha value is 0.790. The minimum Gasteiger partial charge on any atom is -0.302 e. The maximum atomic E-state index is 3.62. The summed E-state index contributed by atoms with van der Waals surface area (Å²) >= 11 is 5.72. The molecular formula is C11H22BrNS. The van der Waals surface area contributed by atoms with Crippen molar-refractivity contribution >= 4 is 27.7 Å². The zero-order valence-electron chi connectivity index (χ0n) is 9.50. The van der Waals surface area contributed by atoms with E-state index in [1.54, 1.807) is 0 Å². The predicted molar refractivity (Wildman–Crippen MR) is 70.5 cm³/mol. The van der Waals surface area contributed by atoms with Gasteiger partial charge >= 0.3 is 0 Å². The summed E-state index contributed by atoms with van der Waals surface area (Å²) < 4.78 is 0. The predicted octanol–water partition coefficient (Wildman–Crippen LogP) is 3.09. The van der Waals surface area contributed by atoms with Crippen molar-refractivity contribution in [2.45, 2.75) is 26.3 Å². The molecule has 0 spiro atoms. The molecule has 14 heavy (non-hydrogen) atoms. The molecule has 1 aliphatic heterocycles. The lowest BCUT2D eigenvalue weighted by Gasteiger charge is -2.29. The molecule has 1 aliphatic rings. The Labute approximate surface area is 101 Å². The fourth-order valence-corrected chi connectivity index (χ4v) is 4.08. The van der Waals surface area contributed by atoms with Crippen molar-refractivity contribution in [1.82, 2.24) is 4.90 Å². The Morgan fingerprint density at radius 2 is 2.21 bits per heavy atom. The largest absolute Gasteiger partial charge is 0.302 e. The Bertz CT molecular complexity index is 157. The normalized spacial score (nSPS) is 24.9. The van der Waals surface area contributed by atoms with Crippen LogP contribution >= 0.6 is 27.7 Å². The topological polar surface area (TPSA) is 3.24 Å². The van der Waals surface area contributed by atoms with Crippen LogP contribution < -0.4 is 0 Å². The molecule has 1 fully saturated rings. The third-order valence-corrected chi connectivity index (χ3v) is 5.17. The monoisotopic (exact) mass is 279 g/mol. The van der Waals surface area contributed by atoms with E-state index in [9.17, 15) is 0 Å².